The van der Waals surface area contributed by atoms with E-state index in [-0.39, 0.29) is 0 Å². The van der Waals surface area contributed by atoms with Crippen LogP contribution in [0.2, 0.25) is 0 Å². The van der Waals surface area contributed by atoms with Gasteiger partial charge in [-0.05, 0) is 37.1 Å². The van der Waals surface area contributed by atoms with E-state index in [1.165, 1.54) is 11.3 Å². The Balaban J connectivity index is 2.60. The summed E-state index contributed by atoms with van der Waals surface area (Å²) >= 11 is 0. The molecule has 108 valence electrons. The molecule has 0 aliphatic rings. The topological polar surface area (TPSA) is 47.7 Å². The van der Waals surface area contributed by atoms with E-state index in [0.717, 1.165) is 39.1 Å². The van der Waals surface area contributed by atoms with Crippen molar-refractivity contribution < 1.29 is 9.47 Å². The van der Waals surface area contributed by atoms with Crippen molar-refractivity contribution in [1.29, 1.82) is 0 Å². The van der Waals surface area contributed by atoms with Crippen molar-refractivity contribution in [1.82, 2.24) is 0 Å². The maximum Gasteiger partial charge on any atom is 0.0637 e. The van der Waals surface area contributed by atoms with Crippen molar-refractivity contribution >= 4 is 5.69 Å². The van der Waals surface area contributed by atoms with E-state index in [4.69, 9.17) is 15.2 Å². The van der Waals surface area contributed by atoms with Crippen LogP contribution in [-0.2, 0) is 15.9 Å². The second-order valence-corrected chi connectivity index (χ2v) is 4.53. The number of ether oxygens (including phenoxy) is 2. The van der Waals surface area contributed by atoms with Crippen LogP contribution in [0.15, 0.2) is 24.3 Å². The zero-order valence-electron chi connectivity index (χ0n) is 12.1. The summed E-state index contributed by atoms with van der Waals surface area (Å²) in [5.74, 6) is 0. The van der Waals surface area contributed by atoms with Crippen molar-refractivity contribution in [2.45, 2.75) is 12.8 Å². The first kappa shape index (κ1) is 16.0. The van der Waals surface area contributed by atoms with Gasteiger partial charge >= 0.3 is 0 Å². The highest BCUT2D eigenvalue weighted by atomic mass is 16.5. The highest BCUT2D eigenvalue weighted by Crippen LogP contribution is 2.16. The molecule has 19 heavy (non-hydrogen) atoms. The lowest BCUT2D eigenvalue weighted by atomic mass is 10.1. The van der Waals surface area contributed by atoms with Gasteiger partial charge in [-0.25, -0.2) is 0 Å². The molecule has 0 fully saturated rings. The molecule has 0 bridgehead atoms. The van der Waals surface area contributed by atoms with Crippen molar-refractivity contribution in [3.8, 4) is 0 Å². The SMILES string of the molecule is COCCCN(CCOC)c1ccc(CCN)cc1. The lowest BCUT2D eigenvalue weighted by molar-refractivity contribution is 0.191. The van der Waals surface area contributed by atoms with Crippen molar-refractivity contribution in [2.24, 2.45) is 5.73 Å². The molecule has 0 atom stereocenters. The van der Waals surface area contributed by atoms with E-state index in [2.05, 4.69) is 29.2 Å². The maximum absolute atomic E-state index is 5.56. The molecule has 1 aromatic rings. The fourth-order valence-corrected chi connectivity index (χ4v) is 2.01. The molecule has 2 N–H and O–H groups in total. The third-order valence-electron chi connectivity index (χ3n) is 3.08. The number of methoxy groups -OCH3 is 2. The van der Waals surface area contributed by atoms with E-state index >= 15 is 0 Å². The average Bonchev–Trinajstić information content (AvgIpc) is 2.44. The molecular weight excluding hydrogens is 240 g/mol. The fourth-order valence-electron chi connectivity index (χ4n) is 2.01. The van der Waals surface area contributed by atoms with Crippen LogP contribution in [-0.4, -0.2) is 47.1 Å². The Morgan fingerprint density at radius 1 is 1.00 bits per heavy atom. The smallest absolute Gasteiger partial charge is 0.0637 e. The predicted octanol–water partition coefficient (Wildman–Crippen LogP) is 1.68. The molecule has 4 heteroatoms. The molecule has 1 rings (SSSR count). The number of benzene rings is 1. The Labute approximate surface area is 116 Å². The van der Waals surface area contributed by atoms with Gasteiger partial charge in [-0.15, -0.1) is 0 Å². The van der Waals surface area contributed by atoms with E-state index in [0.29, 0.717) is 6.54 Å². The van der Waals surface area contributed by atoms with Crippen LogP contribution < -0.4 is 10.6 Å². The Hall–Kier alpha value is -1.10. The molecule has 4 nitrogen and oxygen atoms in total. The van der Waals surface area contributed by atoms with Crippen LogP contribution in [0.5, 0.6) is 0 Å². The van der Waals surface area contributed by atoms with E-state index in [9.17, 15) is 0 Å². The van der Waals surface area contributed by atoms with Gasteiger partial charge in [0.05, 0.1) is 6.61 Å². The molecule has 0 unspecified atom stereocenters. The van der Waals surface area contributed by atoms with Gasteiger partial charge in [0.2, 0.25) is 0 Å². The van der Waals surface area contributed by atoms with Gasteiger partial charge in [0, 0.05) is 39.6 Å². The summed E-state index contributed by atoms with van der Waals surface area (Å²) in [6, 6.07) is 8.62. The molecule has 1 aromatic carbocycles. The third-order valence-corrected chi connectivity index (χ3v) is 3.08. The van der Waals surface area contributed by atoms with Crippen LogP contribution in [0.3, 0.4) is 0 Å². The highest BCUT2D eigenvalue weighted by Gasteiger charge is 2.06. The average molecular weight is 266 g/mol. The number of hydrogen-bond donors (Lipinski definition) is 1. The number of rotatable bonds is 10. The number of anilines is 1. The van der Waals surface area contributed by atoms with Gasteiger partial charge in [0.15, 0.2) is 0 Å². The second-order valence-electron chi connectivity index (χ2n) is 4.53. The van der Waals surface area contributed by atoms with Crippen molar-refractivity contribution in [3.05, 3.63) is 29.8 Å². The van der Waals surface area contributed by atoms with Crippen LogP contribution in [0, 0.1) is 0 Å². The third kappa shape index (κ3) is 6.05. The lowest BCUT2D eigenvalue weighted by Crippen LogP contribution is -2.29. The maximum atomic E-state index is 5.56. The first-order valence-electron chi connectivity index (χ1n) is 6.83. The van der Waals surface area contributed by atoms with Crippen molar-refractivity contribution in [2.75, 3.05) is 52.0 Å². The van der Waals surface area contributed by atoms with Crippen molar-refractivity contribution in [3.63, 3.8) is 0 Å². The molecular formula is C15H26N2O2. The number of hydrogen-bond acceptors (Lipinski definition) is 4. The van der Waals surface area contributed by atoms with Gasteiger partial charge in [-0.2, -0.15) is 0 Å². The van der Waals surface area contributed by atoms with Crippen LogP contribution >= 0.6 is 0 Å². The molecule has 0 aromatic heterocycles. The molecule has 0 aliphatic carbocycles. The Bertz CT molecular complexity index is 327. The predicted molar refractivity (Wildman–Crippen MR) is 79.8 cm³/mol. The number of nitrogens with zero attached hydrogens (tertiary/aromatic N) is 1. The van der Waals surface area contributed by atoms with Gasteiger partial charge in [-0.3, -0.25) is 0 Å². The molecule has 0 saturated carbocycles. The van der Waals surface area contributed by atoms with Gasteiger partial charge in [0.1, 0.15) is 0 Å². The Kier molecular flexibility index (Phi) is 8.21. The van der Waals surface area contributed by atoms with Gasteiger partial charge < -0.3 is 20.1 Å². The van der Waals surface area contributed by atoms with Gasteiger partial charge in [-0.1, -0.05) is 12.1 Å². The zero-order chi connectivity index (χ0) is 13.9. The lowest BCUT2D eigenvalue weighted by Gasteiger charge is -2.24. The minimum absolute atomic E-state index is 0.695. The molecule has 0 aliphatic heterocycles. The summed E-state index contributed by atoms with van der Waals surface area (Å²) in [4.78, 5) is 2.33. The summed E-state index contributed by atoms with van der Waals surface area (Å²) in [6.45, 7) is 4.09. The monoisotopic (exact) mass is 266 g/mol. The van der Waals surface area contributed by atoms with E-state index in [1.54, 1.807) is 14.2 Å². The van der Waals surface area contributed by atoms with Crippen LogP contribution in [0.25, 0.3) is 0 Å². The fraction of sp³-hybridized carbons (Fsp3) is 0.600. The minimum Gasteiger partial charge on any atom is -0.385 e. The first-order valence-corrected chi connectivity index (χ1v) is 6.83. The molecule has 0 radical (unpaired) electrons. The number of nitrogens with two attached hydrogens (primary N) is 1. The molecule has 0 amide bonds. The molecule has 0 saturated heterocycles. The summed E-state index contributed by atoms with van der Waals surface area (Å²) < 4.78 is 10.3. The van der Waals surface area contributed by atoms with E-state index < -0.39 is 0 Å². The van der Waals surface area contributed by atoms with Crippen LogP contribution in [0.4, 0.5) is 5.69 Å². The summed E-state index contributed by atoms with van der Waals surface area (Å²) in [5, 5.41) is 0. The Morgan fingerprint density at radius 3 is 2.26 bits per heavy atom. The minimum atomic E-state index is 0.695. The van der Waals surface area contributed by atoms with E-state index in [1.807, 2.05) is 0 Å². The second kappa shape index (κ2) is 9.78. The Morgan fingerprint density at radius 2 is 1.68 bits per heavy atom. The molecule has 0 spiro atoms. The normalized spacial score (nSPS) is 10.7. The summed E-state index contributed by atoms with van der Waals surface area (Å²) in [7, 11) is 3.47. The summed E-state index contributed by atoms with van der Waals surface area (Å²) in [6.07, 6.45) is 1.95. The quantitative estimate of drug-likeness (QED) is 0.655. The molecule has 0 heterocycles. The van der Waals surface area contributed by atoms with Crippen LogP contribution in [0.1, 0.15) is 12.0 Å². The first-order chi connectivity index (χ1) is 9.31. The van der Waals surface area contributed by atoms with Gasteiger partial charge in [0.25, 0.3) is 0 Å². The zero-order valence-corrected chi connectivity index (χ0v) is 12.1. The highest BCUT2D eigenvalue weighted by molar-refractivity contribution is 5.47. The largest absolute Gasteiger partial charge is 0.385 e. The summed E-state index contributed by atoms with van der Waals surface area (Å²) in [5.41, 5.74) is 8.08. The standard InChI is InChI=1S/C15H26N2O2/c1-18-12-3-10-17(11-13-19-2)15-6-4-14(5-7-15)8-9-16/h4-7H,3,8-13,16H2,1-2H3.